The number of benzene rings is 2. The molecule has 2 aromatic carbocycles. The van der Waals surface area contributed by atoms with E-state index in [0.717, 1.165) is 13.0 Å². The molecule has 0 spiro atoms. The maximum atomic E-state index is 6.17. The summed E-state index contributed by atoms with van der Waals surface area (Å²) in [5, 5.41) is 3.43. The van der Waals surface area contributed by atoms with Crippen molar-refractivity contribution in [2.75, 3.05) is 11.9 Å². The van der Waals surface area contributed by atoms with E-state index in [-0.39, 0.29) is 6.04 Å². The zero-order valence-electron chi connectivity index (χ0n) is 11.7. The van der Waals surface area contributed by atoms with Crippen molar-refractivity contribution in [3.05, 3.63) is 65.2 Å². The Labute approximate surface area is 115 Å². The Balaban J connectivity index is 1.85. The molecule has 0 saturated heterocycles. The maximum absolute atomic E-state index is 6.17. The summed E-state index contributed by atoms with van der Waals surface area (Å²) in [7, 11) is 0. The van der Waals surface area contributed by atoms with E-state index in [1.807, 2.05) is 18.2 Å². The molecule has 2 aromatic rings. The summed E-state index contributed by atoms with van der Waals surface area (Å²) in [4.78, 5) is 0. The Morgan fingerprint density at radius 1 is 1.00 bits per heavy atom. The third-order valence-corrected chi connectivity index (χ3v) is 3.52. The molecule has 19 heavy (non-hydrogen) atoms. The number of rotatable bonds is 5. The zero-order chi connectivity index (χ0) is 13.7. The normalized spacial score (nSPS) is 12.2. The molecule has 0 aliphatic heterocycles. The standard InChI is InChI=1S/C17H22N2/c1-13-8-9-16(12-14(13)2)19-11-10-17(18)15-6-4-3-5-7-15/h3-9,12,17,19H,10-11,18H2,1-2H3. The van der Waals surface area contributed by atoms with E-state index in [4.69, 9.17) is 5.73 Å². The van der Waals surface area contributed by atoms with Crippen LogP contribution in [0.25, 0.3) is 0 Å². The van der Waals surface area contributed by atoms with Gasteiger partial charge in [0.2, 0.25) is 0 Å². The number of nitrogens with two attached hydrogens (primary N) is 1. The monoisotopic (exact) mass is 254 g/mol. The van der Waals surface area contributed by atoms with Crippen LogP contribution in [0.4, 0.5) is 5.69 Å². The van der Waals surface area contributed by atoms with Crippen LogP contribution in [-0.4, -0.2) is 6.54 Å². The van der Waals surface area contributed by atoms with Crippen LogP contribution in [-0.2, 0) is 0 Å². The molecule has 0 aromatic heterocycles. The Hall–Kier alpha value is -1.80. The molecule has 3 N–H and O–H groups in total. The lowest BCUT2D eigenvalue weighted by atomic mass is 10.0. The molecule has 0 saturated carbocycles. The van der Waals surface area contributed by atoms with Crippen molar-refractivity contribution >= 4 is 5.69 Å². The molecule has 0 aliphatic rings. The van der Waals surface area contributed by atoms with Crippen molar-refractivity contribution in [2.24, 2.45) is 5.73 Å². The molecule has 0 heterocycles. The fourth-order valence-electron chi connectivity index (χ4n) is 2.09. The van der Waals surface area contributed by atoms with E-state index in [0.29, 0.717) is 0 Å². The van der Waals surface area contributed by atoms with Crippen LogP contribution in [0.3, 0.4) is 0 Å². The molecule has 2 rings (SSSR count). The van der Waals surface area contributed by atoms with Crippen LogP contribution in [0.2, 0.25) is 0 Å². The number of hydrogen-bond donors (Lipinski definition) is 2. The number of aryl methyl sites for hydroxylation is 2. The highest BCUT2D eigenvalue weighted by atomic mass is 14.9. The van der Waals surface area contributed by atoms with Gasteiger partial charge in [0, 0.05) is 18.3 Å². The molecule has 0 aliphatic carbocycles. The summed E-state index contributed by atoms with van der Waals surface area (Å²) < 4.78 is 0. The molecular weight excluding hydrogens is 232 g/mol. The smallest absolute Gasteiger partial charge is 0.0343 e. The second kappa shape index (κ2) is 6.39. The zero-order valence-corrected chi connectivity index (χ0v) is 11.7. The lowest BCUT2D eigenvalue weighted by Crippen LogP contribution is -2.15. The maximum Gasteiger partial charge on any atom is 0.0343 e. The van der Waals surface area contributed by atoms with E-state index >= 15 is 0 Å². The molecular formula is C17H22N2. The Morgan fingerprint density at radius 2 is 1.74 bits per heavy atom. The number of nitrogens with one attached hydrogen (secondary N) is 1. The first kappa shape index (κ1) is 13.6. The van der Waals surface area contributed by atoms with Gasteiger partial charge in [-0.3, -0.25) is 0 Å². The highest BCUT2D eigenvalue weighted by Crippen LogP contribution is 2.16. The van der Waals surface area contributed by atoms with Crippen LogP contribution in [0.1, 0.15) is 29.2 Å². The predicted molar refractivity (Wildman–Crippen MR) is 82.4 cm³/mol. The minimum atomic E-state index is 0.0974. The summed E-state index contributed by atoms with van der Waals surface area (Å²) >= 11 is 0. The summed E-state index contributed by atoms with van der Waals surface area (Å²) in [6, 6.07) is 16.8. The quantitative estimate of drug-likeness (QED) is 0.851. The molecule has 1 unspecified atom stereocenters. The third kappa shape index (κ3) is 3.83. The minimum absolute atomic E-state index is 0.0974. The van der Waals surface area contributed by atoms with E-state index in [1.165, 1.54) is 22.4 Å². The topological polar surface area (TPSA) is 38.0 Å². The van der Waals surface area contributed by atoms with E-state index in [9.17, 15) is 0 Å². The highest BCUT2D eigenvalue weighted by molar-refractivity contribution is 5.48. The van der Waals surface area contributed by atoms with Gasteiger partial charge < -0.3 is 11.1 Å². The lowest BCUT2D eigenvalue weighted by molar-refractivity contribution is 0.675. The molecule has 0 radical (unpaired) electrons. The predicted octanol–water partition coefficient (Wildman–Crippen LogP) is 3.81. The first-order valence-electron chi connectivity index (χ1n) is 6.78. The molecule has 1 atom stereocenters. The Bertz CT molecular complexity index is 520. The first-order valence-corrected chi connectivity index (χ1v) is 6.78. The number of anilines is 1. The van der Waals surface area contributed by atoms with E-state index < -0.39 is 0 Å². The van der Waals surface area contributed by atoms with E-state index in [2.05, 4.69) is 49.5 Å². The van der Waals surface area contributed by atoms with Gasteiger partial charge in [-0.2, -0.15) is 0 Å². The fraction of sp³-hybridized carbons (Fsp3) is 0.294. The van der Waals surface area contributed by atoms with Gasteiger partial charge in [0.25, 0.3) is 0 Å². The average molecular weight is 254 g/mol. The van der Waals surface area contributed by atoms with Crippen LogP contribution in [0.5, 0.6) is 0 Å². The first-order chi connectivity index (χ1) is 9.16. The van der Waals surface area contributed by atoms with Crippen LogP contribution >= 0.6 is 0 Å². The van der Waals surface area contributed by atoms with Gasteiger partial charge in [-0.1, -0.05) is 36.4 Å². The van der Waals surface area contributed by atoms with Gasteiger partial charge >= 0.3 is 0 Å². The SMILES string of the molecule is Cc1ccc(NCCC(N)c2ccccc2)cc1C. The molecule has 0 fully saturated rings. The molecule has 100 valence electrons. The van der Waals surface area contributed by atoms with Gasteiger partial charge in [-0.25, -0.2) is 0 Å². The largest absolute Gasteiger partial charge is 0.385 e. The van der Waals surface area contributed by atoms with Crippen molar-refractivity contribution < 1.29 is 0 Å². The average Bonchev–Trinajstić information content (AvgIpc) is 2.43. The minimum Gasteiger partial charge on any atom is -0.385 e. The fourth-order valence-corrected chi connectivity index (χ4v) is 2.09. The van der Waals surface area contributed by atoms with Crippen molar-refractivity contribution in [2.45, 2.75) is 26.3 Å². The third-order valence-electron chi connectivity index (χ3n) is 3.52. The van der Waals surface area contributed by atoms with Crippen molar-refractivity contribution in [1.29, 1.82) is 0 Å². The van der Waals surface area contributed by atoms with Crippen molar-refractivity contribution in [3.8, 4) is 0 Å². The second-order valence-corrected chi connectivity index (χ2v) is 5.03. The van der Waals surface area contributed by atoms with Crippen LogP contribution in [0, 0.1) is 13.8 Å². The van der Waals surface area contributed by atoms with Crippen molar-refractivity contribution in [1.82, 2.24) is 0 Å². The van der Waals surface area contributed by atoms with Gasteiger partial charge in [0.05, 0.1) is 0 Å². The van der Waals surface area contributed by atoms with Crippen LogP contribution in [0.15, 0.2) is 48.5 Å². The summed E-state index contributed by atoms with van der Waals surface area (Å²) in [6.45, 7) is 5.15. The molecule has 0 amide bonds. The Morgan fingerprint density at radius 3 is 2.42 bits per heavy atom. The van der Waals surface area contributed by atoms with Crippen LogP contribution < -0.4 is 11.1 Å². The summed E-state index contributed by atoms with van der Waals surface area (Å²) in [5.41, 5.74) is 11.2. The Kier molecular flexibility index (Phi) is 4.58. The van der Waals surface area contributed by atoms with Crippen molar-refractivity contribution in [3.63, 3.8) is 0 Å². The lowest BCUT2D eigenvalue weighted by Gasteiger charge is -2.13. The van der Waals surface area contributed by atoms with E-state index in [1.54, 1.807) is 0 Å². The molecule has 2 nitrogen and oxygen atoms in total. The summed E-state index contributed by atoms with van der Waals surface area (Å²) in [5.74, 6) is 0. The van der Waals surface area contributed by atoms with Gasteiger partial charge in [-0.15, -0.1) is 0 Å². The van der Waals surface area contributed by atoms with Gasteiger partial charge in [0.15, 0.2) is 0 Å². The summed E-state index contributed by atoms with van der Waals surface area (Å²) in [6.07, 6.45) is 0.928. The van der Waals surface area contributed by atoms with Gasteiger partial charge in [0.1, 0.15) is 0 Å². The molecule has 2 heteroatoms. The number of hydrogen-bond acceptors (Lipinski definition) is 2. The second-order valence-electron chi connectivity index (χ2n) is 5.03. The van der Waals surface area contributed by atoms with Gasteiger partial charge in [-0.05, 0) is 49.1 Å². The molecule has 0 bridgehead atoms. The highest BCUT2D eigenvalue weighted by Gasteiger charge is 2.04.